The first-order valence-electron chi connectivity index (χ1n) is 5.47. The van der Waals surface area contributed by atoms with Crippen LogP contribution >= 0.6 is 0 Å². The van der Waals surface area contributed by atoms with Gasteiger partial charge in [0.2, 0.25) is 0 Å². The lowest BCUT2D eigenvalue weighted by atomic mass is 10.2. The highest BCUT2D eigenvalue weighted by Gasteiger charge is 2.08. The molecular weight excluding hydrogens is 268 g/mol. The Morgan fingerprint density at radius 1 is 1.26 bits per heavy atom. The largest absolute Gasteiger partial charge is 0.383 e. The van der Waals surface area contributed by atoms with E-state index in [9.17, 15) is 13.2 Å². The van der Waals surface area contributed by atoms with Gasteiger partial charge in [0.25, 0.3) is 0 Å². The van der Waals surface area contributed by atoms with Crippen LogP contribution in [0.1, 0.15) is 0 Å². The molecule has 0 atom stereocenters. The van der Waals surface area contributed by atoms with Gasteiger partial charge in [0.1, 0.15) is 5.75 Å². The molecular formula is C12H10N2O4S. The third-order valence-corrected chi connectivity index (χ3v) is 3.22. The molecule has 0 unspecified atom stereocenters. The number of nitrogens with zero attached hydrogens (tertiary/aromatic N) is 1. The zero-order chi connectivity index (χ0) is 13.6. The van der Waals surface area contributed by atoms with E-state index in [0.29, 0.717) is 5.52 Å². The Hall–Kier alpha value is -2.28. The predicted octanol–water partition coefficient (Wildman–Crippen LogP) is 1.12. The van der Waals surface area contributed by atoms with Gasteiger partial charge in [-0.25, -0.2) is 4.79 Å². The van der Waals surface area contributed by atoms with E-state index >= 15 is 0 Å². The number of hydrogen-bond acceptors (Lipinski definition) is 4. The average Bonchev–Trinajstić information content (AvgIpc) is 2.76. The zero-order valence-electron chi connectivity index (χ0n) is 9.95. The lowest BCUT2D eigenvalue weighted by Crippen LogP contribution is -2.15. The van der Waals surface area contributed by atoms with Gasteiger partial charge in [-0.05, 0) is 24.3 Å². The van der Waals surface area contributed by atoms with Crippen LogP contribution in [0, 0.1) is 0 Å². The fraction of sp³-hybridized carbons (Fsp3) is 0.0833. The topological polar surface area (TPSA) is 80.6 Å². The monoisotopic (exact) mass is 278 g/mol. The third-order valence-electron chi connectivity index (χ3n) is 2.72. The molecule has 0 aliphatic rings. The molecule has 0 spiro atoms. The summed E-state index contributed by atoms with van der Waals surface area (Å²) >= 11 is 0. The molecule has 0 aliphatic heterocycles. The minimum atomic E-state index is -3.58. The van der Waals surface area contributed by atoms with Crippen molar-refractivity contribution in [1.82, 2.24) is 9.38 Å². The second-order valence-electron chi connectivity index (χ2n) is 4.19. The van der Waals surface area contributed by atoms with E-state index in [0.717, 1.165) is 17.2 Å². The standard InChI is InChI=1S/C12H10N2O4S/c1-19(16,17)18-8-4-5-9-10(7-8)13-12(15)14-6-2-3-11(9)14/h2-7H,1H3,(H,13,15). The van der Waals surface area contributed by atoms with E-state index in [4.69, 9.17) is 4.18 Å². The van der Waals surface area contributed by atoms with Crippen molar-refractivity contribution in [2.75, 3.05) is 6.26 Å². The van der Waals surface area contributed by atoms with E-state index in [1.807, 2.05) is 6.07 Å². The highest BCUT2D eigenvalue weighted by atomic mass is 32.2. The predicted molar refractivity (Wildman–Crippen MR) is 71.0 cm³/mol. The molecule has 0 radical (unpaired) electrons. The maximum atomic E-state index is 11.8. The van der Waals surface area contributed by atoms with Gasteiger partial charge in [-0.1, -0.05) is 0 Å². The molecule has 1 aromatic carbocycles. The van der Waals surface area contributed by atoms with Gasteiger partial charge in [0.05, 0.1) is 17.3 Å². The van der Waals surface area contributed by atoms with Crippen LogP contribution in [0.2, 0.25) is 0 Å². The summed E-state index contributed by atoms with van der Waals surface area (Å²) in [6, 6.07) is 8.33. The molecule has 0 amide bonds. The Bertz CT molecular complexity index is 937. The molecule has 3 aromatic rings. The van der Waals surface area contributed by atoms with Gasteiger partial charge in [0, 0.05) is 17.6 Å². The van der Waals surface area contributed by atoms with Crippen LogP contribution in [0.3, 0.4) is 0 Å². The quantitative estimate of drug-likeness (QED) is 0.712. The zero-order valence-corrected chi connectivity index (χ0v) is 10.8. The first-order chi connectivity index (χ1) is 8.94. The number of rotatable bonds is 2. The molecule has 0 aliphatic carbocycles. The van der Waals surface area contributed by atoms with E-state index in [2.05, 4.69) is 4.98 Å². The molecule has 2 heterocycles. The van der Waals surface area contributed by atoms with E-state index in [-0.39, 0.29) is 11.4 Å². The smallest absolute Gasteiger partial charge is 0.330 e. The number of nitrogens with one attached hydrogen (secondary N) is 1. The summed E-state index contributed by atoms with van der Waals surface area (Å²) in [5.41, 5.74) is 0.992. The SMILES string of the molecule is CS(=O)(=O)Oc1ccc2c(c1)[nH]c(=O)n1cccc21. The van der Waals surface area contributed by atoms with Gasteiger partial charge < -0.3 is 9.17 Å². The van der Waals surface area contributed by atoms with Crippen LogP contribution in [0.25, 0.3) is 16.4 Å². The Morgan fingerprint density at radius 2 is 2.05 bits per heavy atom. The van der Waals surface area contributed by atoms with Crippen LogP contribution in [-0.4, -0.2) is 24.1 Å². The molecule has 6 nitrogen and oxygen atoms in total. The van der Waals surface area contributed by atoms with Gasteiger partial charge in [-0.2, -0.15) is 8.42 Å². The highest BCUT2D eigenvalue weighted by molar-refractivity contribution is 7.86. The van der Waals surface area contributed by atoms with Crippen LogP contribution in [0.4, 0.5) is 0 Å². The molecule has 2 aromatic heterocycles. The van der Waals surface area contributed by atoms with E-state index in [1.54, 1.807) is 24.4 Å². The number of aromatic amines is 1. The van der Waals surface area contributed by atoms with Crippen molar-refractivity contribution in [2.24, 2.45) is 0 Å². The molecule has 0 saturated carbocycles. The molecule has 0 fully saturated rings. The summed E-state index contributed by atoms with van der Waals surface area (Å²) in [4.78, 5) is 14.5. The van der Waals surface area contributed by atoms with Gasteiger partial charge in [-0.3, -0.25) is 4.40 Å². The summed E-state index contributed by atoms with van der Waals surface area (Å²) < 4.78 is 28.4. The van der Waals surface area contributed by atoms with E-state index in [1.165, 1.54) is 10.5 Å². The fourth-order valence-corrected chi connectivity index (χ4v) is 2.48. The van der Waals surface area contributed by atoms with Gasteiger partial charge >= 0.3 is 15.8 Å². The Balaban J connectivity index is 2.29. The summed E-state index contributed by atoms with van der Waals surface area (Å²) in [5.74, 6) is 0.168. The van der Waals surface area contributed by atoms with Crippen molar-refractivity contribution in [3.63, 3.8) is 0 Å². The van der Waals surface area contributed by atoms with Crippen molar-refractivity contribution >= 4 is 26.5 Å². The summed E-state index contributed by atoms with van der Waals surface area (Å²) in [6.45, 7) is 0. The van der Waals surface area contributed by atoms with Crippen LogP contribution < -0.4 is 9.87 Å². The maximum absolute atomic E-state index is 11.8. The summed E-state index contributed by atoms with van der Waals surface area (Å²) in [5, 5.41) is 0.811. The van der Waals surface area contributed by atoms with Crippen molar-refractivity contribution in [3.8, 4) is 5.75 Å². The van der Waals surface area contributed by atoms with Gasteiger partial charge in [0.15, 0.2) is 0 Å². The third kappa shape index (κ3) is 2.08. The minimum absolute atomic E-state index is 0.168. The molecule has 3 rings (SSSR count). The number of hydrogen-bond donors (Lipinski definition) is 1. The normalized spacial score (nSPS) is 12.1. The molecule has 0 bridgehead atoms. The lowest BCUT2D eigenvalue weighted by molar-refractivity contribution is 0.493. The Labute approximate surface area is 108 Å². The number of H-pyrrole nitrogens is 1. The van der Waals surface area contributed by atoms with Gasteiger partial charge in [-0.15, -0.1) is 0 Å². The summed E-state index contributed by atoms with van der Waals surface area (Å²) in [6.07, 6.45) is 2.63. The highest BCUT2D eigenvalue weighted by Crippen LogP contribution is 2.22. The lowest BCUT2D eigenvalue weighted by Gasteiger charge is -2.05. The van der Waals surface area contributed by atoms with Crippen LogP contribution in [0.15, 0.2) is 41.3 Å². The van der Waals surface area contributed by atoms with Crippen molar-refractivity contribution in [1.29, 1.82) is 0 Å². The number of aromatic nitrogens is 2. The van der Waals surface area contributed by atoms with Crippen molar-refractivity contribution in [3.05, 3.63) is 47.0 Å². The minimum Gasteiger partial charge on any atom is -0.383 e. The number of fused-ring (bicyclic) bond motifs is 3. The summed E-state index contributed by atoms with van der Waals surface area (Å²) in [7, 11) is -3.58. The molecule has 19 heavy (non-hydrogen) atoms. The Morgan fingerprint density at radius 3 is 2.79 bits per heavy atom. The molecule has 7 heteroatoms. The first kappa shape index (κ1) is 11.8. The average molecular weight is 278 g/mol. The molecule has 98 valence electrons. The van der Waals surface area contributed by atoms with Crippen molar-refractivity contribution in [2.45, 2.75) is 0 Å². The fourth-order valence-electron chi connectivity index (χ4n) is 2.03. The Kier molecular flexibility index (Phi) is 2.39. The maximum Gasteiger partial charge on any atom is 0.330 e. The first-order valence-corrected chi connectivity index (χ1v) is 7.28. The molecule has 0 saturated heterocycles. The second kappa shape index (κ2) is 3.86. The molecule has 1 N–H and O–H groups in total. The van der Waals surface area contributed by atoms with Crippen LogP contribution in [0.5, 0.6) is 5.75 Å². The second-order valence-corrected chi connectivity index (χ2v) is 5.76. The van der Waals surface area contributed by atoms with E-state index < -0.39 is 10.1 Å². The number of benzene rings is 1. The van der Waals surface area contributed by atoms with Crippen LogP contribution in [-0.2, 0) is 10.1 Å². The van der Waals surface area contributed by atoms with Crippen molar-refractivity contribution < 1.29 is 12.6 Å².